The minimum atomic E-state index is -0.704. The van der Waals surface area contributed by atoms with E-state index in [1.54, 1.807) is 17.2 Å². The van der Waals surface area contributed by atoms with Crippen LogP contribution in [0.2, 0.25) is 0 Å². The van der Waals surface area contributed by atoms with E-state index in [0.717, 1.165) is 33.6 Å². The molecule has 0 saturated carbocycles. The van der Waals surface area contributed by atoms with E-state index in [1.807, 2.05) is 62.4 Å². The molecule has 2 amide bonds. The van der Waals surface area contributed by atoms with Gasteiger partial charge in [0.1, 0.15) is 6.04 Å². The summed E-state index contributed by atoms with van der Waals surface area (Å²) in [7, 11) is 0. The Morgan fingerprint density at radius 2 is 1.77 bits per heavy atom. The van der Waals surface area contributed by atoms with E-state index in [1.165, 1.54) is 0 Å². The summed E-state index contributed by atoms with van der Waals surface area (Å²) >= 11 is 0. The lowest BCUT2D eigenvalue weighted by Crippen LogP contribution is -2.36. The molecule has 1 aliphatic heterocycles. The molecule has 1 unspecified atom stereocenters. The average molecular weight is 414 g/mol. The molecule has 158 valence electrons. The van der Waals surface area contributed by atoms with Crippen LogP contribution < -0.4 is 5.32 Å². The summed E-state index contributed by atoms with van der Waals surface area (Å²) in [6.07, 6.45) is 1.72. The third kappa shape index (κ3) is 3.83. The SMILES string of the molecule is Cc1cccnc1CN1C(=O)c2ccccc2C1C(=O)Nc1c(C)cccc1C(C)C. The van der Waals surface area contributed by atoms with Crippen LogP contribution in [0.15, 0.2) is 60.8 Å². The van der Waals surface area contributed by atoms with Gasteiger partial charge in [-0.25, -0.2) is 0 Å². The van der Waals surface area contributed by atoms with Gasteiger partial charge in [-0.2, -0.15) is 0 Å². The molecule has 3 aromatic rings. The number of para-hydroxylation sites is 1. The van der Waals surface area contributed by atoms with Gasteiger partial charge in [0, 0.05) is 17.4 Å². The molecule has 1 N–H and O–H groups in total. The normalized spacial score (nSPS) is 15.3. The lowest BCUT2D eigenvalue weighted by molar-refractivity contribution is -0.120. The lowest BCUT2D eigenvalue weighted by Gasteiger charge is -2.26. The van der Waals surface area contributed by atoms with Crippen molar-refractivity contribution in [2.24, 2.45) is 0 Å². The molecule has 2 heterocycles. The molecule has 1 atom stereocenters. The van der Waals surface area contributed by atoms with Crippen molar-refractivity contribution in [3.63, 3.8) is 0 Å². The average Bonchev–Trinajstić information content (AvgIpc) is 3.03. The van der Waals surface area contributed by atoms with Crippen molar-refractivity contribution in [1.82, 2.24) is 9.88 Å². The molecule has 4 rings (SSSR count). The first-order valence-corrected chi connectivity index (χ1v) is 10.6. The van der Waals surface area contributed by atoms with Crippen LogP contribution in [-0.4, -0.2) is 21.7 Å². The molecule has 0 bridgehead atoms. The summed E-state index contributed by atoms with van der Waals surface area (Å²) in [5.74, 6) is -0.0854. The van der Waals surface area contributed by atoms with Crippen molar-refractivity contribution < 1.29 is 9.59 Å². The Morgan fingerprint density at radius 1 is 1.03 bits per heavy atom. The van der Waals surface area contributed by atoms with Gasteiger partial charge in [0.15, 0.2) is 0 Å². The van der Waals surface area contributed by atoms with Crippen LogP contribution in [0, 0.1) is 13.8 Å². The van der Waals surface area contributed by atoms with Gasteiger partial charge in [0.05, 0.1) is 12.2 Å². The number of fused-ring (bicyclic) bond motifs is 1. The molecular weight excluding hydrogens is 386 g/mol. The molecule has 2 aromatic carbocycles. The van der Waals surface area contributed by atoms with Crippen molar-refractivity contribution in [2.45, 2.75) is 46.2 Å². The zero-order chi connectivity index (χ0) is 22.1. The monoisotopic (exact) mass is 413 g/mol. The Balaban J connectivity index is 1.73. The molecule has 0 aliphatic carbocycles. The zero-order valence-corrected chi connectivity index (χ0v) is 18.3. The number of rotatable bonds is 5. The second-order valence-corrected chi connectivity index (χ2v) is 8.37. The number of nitrogens with one attached hydrogen (secondary N) is 1. The first-order chi connectivity index (χ1) is 14.9. The maximum atomic E-state index is 13.6. The zero-order valence-electron chi connectivity index (χ0n) is 18.3. The molecule has 0 radical (unpaired) electrons. The molecule has 0 saturated heterocycles. The smallest absolute Gasteiger partial charge is 0.255 e. The highest BCUT2D eigenvalue weighted by Gasteiger charge is 2.41. The fourth-order valence-electron chi connectivity index (χ4n) is 4.20. The van der Waals surface area contributed by atoms with Gasteiger partial charge in [-0.15, -0.1) is 0 Å². The van der Waals surface area contributed by atoms with Crippen molar-refractivity contribution in [3.8, 4) is 0 Å². The van der Waals surface area contributed by atoms with Gasteiger partial charge in [-0.05, 0) is 54.2 Å². The van der Waals surface area contributed by atoms with Crippen molar-refractivity contribution >= 4 is 17.5 Å². The van der Waals surface area contributed by atoms with Crippen LogP contribution in [0.3, 0.4) is 0 Å². The molecule has 0 fully saturated rings. The number of carbonyl (C=O) groups is 2. The Hall–Kier alpha value is -3.47. The standard InChI is InChI=1S/C26H27N3O2/c1-16(2)19-13-7-9-18(4)23(19)28-25(30)24-20-11-5-6-12-21(20)26(31)29(24)15-22-17(3)10-8-14-27-22/h5-14,16,24H,15H2,1-4H3,(H,28,30). The Kier molecular flexibility index (Phi) is 5.59. The minimum Gasteiger partial charge on any atom is -0.323 e. The van der Waals surface area contributed by atoms with E-state index in [0.29, 0.717) is 5.56 Å². The van der Waals surface area contributed by atoms with E-state index in [2.05, 4.69) is 24.1 Å². The molecule has 5 nitrogen and oxygen atoms in total. The summed E-state index contributed by atoms with van der Waals surface area (Å²) in [6, 6.07) is 16.5. The number of aromatic nitrogens is 1. The lowest BCUT2D eigenvalue weighted by atomic mass is 9.97. The number of carbonyl (C=O) groups excluding carboxylic acids is 2. The van der Waals surface area contributed by atoms with Crippen molar-refractivity contribution in [3.05, 3.63) is 94.3 Å². The first kappa shape index (κ1) is 20.8. The van der Waals surface area contributed by atoms with Crippen molar-refractivity contribution in [2.75, 3.05) is 5.32 Å². The Bertz CT molecular complexity index is 1150. The van der Waals surface area contributed by atoms with Gasteiger partial charge in [-0.1, -0.05) is 56.3 Å². The highest BCUT2D eigenvalue weighted by atomic mass is 16.2. The largest absolute Gasteiger partial charge is 0.323 e. The summed E-state index contributed by atoms with van der Waals surface area (Å²) in [6.45, 7) is 8.45. The number of benzene rings is 2. The summed E-state index contributed by atoms with van der Waals surface area (Å²) in [5, 5.41) is 3.14. The number of hydrogen-bond donors (Lipinski definition) is 1. The summed E-state index contributed by atoms with van der Waals surface area (Å²) in [4.78, 5) is 32.9. The maximum absolute atomic E-state index is 13.6. The first-order valence-electron chi connectivity index (χ1n) is 10.6. The van der Waals surface area contributed by atoms with E-state index in [4.69, 9.17) is 0 Å². The fourth-order valence-corrected chi connectivity index (χ4v) is 4.20. The maximum Gasteiger partial charge on any atom is 0.255 e. The molecule has 1 aliphatic rings. The van der Waals surface area contributed by atoms with Crippen LogP contribution >= 0.6 is 0 Å². The van der Waals surface area contributed by atoms with Gasteiger partial charge < -0.3 is 10.2 Å². The molecule has 5 heteroatoms. The summed E-state index contributed by atoms with van der Waals surface area (Å²) in [5.41, 5.74) is 6.01. The number of pyridine rings is 1. The number of anilines is 1. The van der Waals surface area contributed by atoms with E-state index in [-0.39, 0.29) is 24.3 Å². The number of hydrogen-bond acceptors (Lipinski definition) is 3. The number of aryl methyl sites for hydroxylation is 2. The highest BCUT2D eigenvalue weighted by Crippen LogP contribution is 2.37. The van der Waals surface area contributed by atoms with E-state index in [9.17, 15) is 9.59 Å². The van der Waals surface area contributed by atoms with Crippen molar-refractivity contribution in [1.29, 1.82) is 0 Å². The van der Waals surface area contributed by atoms with Crippen LogP contribution in [0.4, 0.5) is 5.69 Å². The van der Waals surface area contributed by atoms with Crippen LogP contribution in [0.5, 0.6) is 0 Å². The number of nitrogens with zero attached hydrogens (tertiary/aromatic N) is 2. The van der Waals surface area contributed by atoms with Gasteiger partial charge in [-0.3, -0.25) is 14.6 Å². The van der Waals surface area contributed by atoms with E-state index < -0.39 is 6.04 Å². The number of amides is 2. The van der Waals surface area contributed by atoms with Gasteiger partial charge in [0.25, 0.3) is 11.8 Å². The Labute approximate surface area is 183 Å². The predicted molar refractivity (Wildman–Crippen MR) is 122 cm³/mol. The molecule has 31 heavy (non-hydrogen) atoms. The summed E-state index contributed by atoms with van der Waals surface area (Å²) < 4.78 is 0. The van der Waals surface area contributed by atoms with Crippen LogP contribution in [0.25, 0.3) is 0 Å². The minimum absolute atomic E-state index is 0.144. The quantitative estimate of drug-likeness (QED) is 0.629. The second kappa shape index (κ2) is 8.34. The highest BCUT2D eigenvalue weighted by molar-refractivity contribution is 6.08. The molecule has 0 spiro atoms. The molecular formula is C26H27N3O2. The Morgan fingerprint density at radius 3 is 2.52 bits per heavy atom. The van der Waals surface area contributed by atoms with Gasteiger partial charge >= 0.3 is 0 Å². The van der Waals surface area contributed by atoms with E-state index >= 15 is 0 Å². The van der Waals surface area contributed by atoms with Crippen LogP contribution in [-0.2, 0) is 11.3 Å². The van der Waals surface area contributed by atoms with Gasteiger partial charge in [0.2, 0.25) is 0 Å². The third-order valence-corrected chi connectivity index (χ3v) is 5.92. The molecule has 1 aromatic heterocycles. The topological polar surface area (TPSA) is 62.3 Å². The third-order valence-electron chi connectivity index (χ3n) is 5.92. The van der Waals surface area contributed by atoms with Crippen LogP contribution in [0.1, 0.15) is 64.1 Å². The predicted octanol–water partition coefficient (Wildman–Crippen LogP) is 5.16. The second-order valence-electron chi connectivity index (χ2n) is 8.37. The fraction of sp³-hybridized carbons (Fsp3) is 0.269.